The first-order valence-electron chi connectivity index (χ1n) is 7.56. The number of rotatable bonds is 5. The average molecular weight is 364 g/mol. The van der Waals surface area contributed by atoms with Crippen molar-refractivity contribution in [2.45, 2.75) is 6.54 Å². The third-order valence-electron chi connectivity index (χ3n) is 3.69. The number of nitrogens with zero attached hydrogens (tertiary/aromatic N) is 3. The fourth-order valence-corrected chi connectivity index (χ4v) is 3.18. The van der Waals surface area contributed by atoms with E-state index in [1.807, 2.05) is 0 Å². The second kappa shape index (κ2) is 7.55. The summed E-state index contributed by atoms with van der Waals surface area (Å²) in [5.41, 5.74) is -0.0412. The van der Waals surface area contributed by atoms with E-state index < -0.39 is 10.8 Å². The Morgan fingerprint density at radius 1 is 1.44 bits per heavy atom. The van der Waals surface area contributed by atoms with Crippen LogP contribution in [0.15, 0.2) is 23.6 Å². The van der Waals surface area contributed by atoms with Crippen LogP contribution in [0.3, 0.4) is 0 Å². The Labute approximate surface area is 147 Å². The summed E-state index contributed by atoms with van der Waals surface area (Å²) in [6, 6.07) is 3.43. The maximum Gasteiger partial charge on any atom is 0.275 e. The van der Waals surface area contributed by atoms with Gasteiger partial charge >= 0.3 is 0 Å². The van der Waals surface area contributed by atoms with Gasteiger partial charge in [0.25, 0.3) is 11.6 Å². The van der Waals surface area contributed by atoms with Crippen molar-refractivity contribution in [3.8, 4) is 5.75 Å². The Morgan fingerprint density at radius 2 is 2.20 bits per heavy atom. The molecule has 1 aromatic carbocycles. The van der Waals surface area contributed by atoms with Crippen LogP contribution >= 0.6 is 11.3 Å². The molecule has 1 aliphatic rings. The van der Waals surface area contributed by atoms with Crippen LogP contribution in [0.5, 0.6) is 5.75 Å². The number of benzene rings is 1. The molecule has 2 aromatic rings. The SMILES string of the molecule is O=C(Nc1cc([N+](=O)[O-])ccc1O)c1csc(CN2CCOCC2)n1. The maximum atomic E-state index is 12.3. The van der Waals surface area contributed by atoms with E-state index in [9.17, 15) is 20.0 Å². The van der Waals surface area contributed by atoms with Crippen molar-refractivity contribution in [3.63, 3.8) is 0 Å². The van der Waals surface area contributed by atoms with Gasteiger partial charge in [0.1, 0.15) is 16.5 Å². The Balaban J connectivity index is 1.67. The number of hydrogen-bond acceptors (Lipinski definition) is 8. The molecule has 2 N–H and O–H groups in total. The van der Waals surface area contributed by atoms with Crippen molar-refractivity contribution >= 4 is 28.6 Å². The van der Waals surface area contributed by atoms with Gasteiger partial charge in [-0.25, -0.2) is 4.98 Å². The Morgan fingerprint density at radius 3 is 2.92 bits per heavy atom. The van der Waals surface area contributed by atoms with E-state index >= 15 is 0 Å². The number of ether oxygens (including phenoxy) is 1. The molecule has 0 saturated carbocycles. The number of nitro groups is 1. The molecular formula is C15H16N4O5S. The topological polar surface area (TPSA) is 118 Å². The molecule has 0 spiro atoms. The Hall–Kier alpha value is -2.56. The molecule has 3 rings (SSSR count). The van der Waals surface area contributed by atoms with E-state index in [0.717, 1.165) is 30.2 Å². The molecule has 0 atom stereocenters. The van der Waals surface area contributed by atoms with Gasteiger partial charge < -0.3 is 15.2 Å². The van der Waals surface area contributed by atoms with Crippen molar-refractivity contribution < 1.29 is 19.6 Å². The van der Waals surface area contributed by atoms with Gasteiger partial charge in [-0.1, -0.05) is 0 Å². The normalized spacial score (nSPS) is 15.0. The van der Waals surface area contributed by atoms with E-state index in [1.165, 1.54) is 17.4 Å². The first-order valence-corrected chi connectivity index (χ1v) is 8.44. The minimum Gasteiger partial charge on any atom is -0.506 e. The molecule has 25 heavy (non-hydrogen) atoms. The van der Waals surface area contributed by atoms with Crippen LogP contribution < -0.4 is 5.32 Å². The van der Waals surface area contributed by atoms with Crippen LogP contribution in [0.25, 0.3) is 0 Å². The van der Waals surface area contributed by atoms with Gasteiger partial charge in [-0.3, -0.25) is 19.8 Å². The fourth-order valence-electron chi connectivity index (χ4n) is 2.36. The lowest BCUT2D eigenvalue weighted by Crippen LogP contribution is -2.35. The molecule has 1 aliphatic heterocycles. The van der Waals surface area contributed by atoms with Crippen molar-refractivity contribution in [3.05, 3.63) is 44.4 Å². The number of carbonyl (C=O) groups is 1. The second-order valence-corrected chi connectivity index (χ2v) is 6.37. The zero-order chi connectivity index (χ0) is 17.8. The van der Waals surface area contributed by atoms with E-state index in [4.69, 9.17) is 4.74 Å². The quantitative estimate of drug-likeness (QED) is 0.472. The first-order chi connectivity index (χ1) is 12.0. The van der Waals surface area contributed by atoms with Gasteiger partial charge in [0.15, 0.2) is 0 Å². The highest BCUT2D eigenvalue weighted by Crippen LogP contribution is 2.28. The highest BCUT2D eigenvalue weighted by molar-refractivity contribution is 7.09. The number of anilines is 1. The summed E-state index contributed by atoms with van der Waals surface area (Å²) in [5, 5.41) is 25.4. The highest BCUT2D eigenvalue weighted by atomic mass is 32.1. The van der Waals surface area contributed by atoms with E-state index in [0.29, 0.717) is 19.8 Å². The minimum atomic E-state index is -0.599. The number of non-ortho nitro benzene ring substituents is 1. The molecule has 10 heteroatoms. The van der Waals surface area contributed by atoms with E-state index in [-0.39, 0.29) is 22.8 Å². The van der Waals surface area contributed by atoms with E-state index in [1.54, 1.807) is 5.38 Å². The zero-order valence-electron chi connectivity index (χ0n) is 13.2. The molecule has 2 heterocycles. The number of nitrogens with one attached hydrogen (secondary N) is 1. The van der Waals surface area contributed by atoms with Gasteiger partial charge in [0, 0.05) is 30.6 Å². The van der Waals surface area contributed by atoms with Crippen LogP contribution in [-0.4, -0.2) is 52.1 Å². The summed E-state index contributed by atoms with van der Waals surface area (Å²) in [6.45, 7) is 3.66. The monoisotopic (exact) mass is 364 g/mol. The van der Waals surface area contributed by atoms with Crippen molar-refractivity contribution in [1.29, 1.82) is 0 Å². The summed E-state index contributed by atoms with van der Waals surface area (Å²) in [6.07, 6.45) is 0. The molecule has 1 aromatic heterocycles. The largest absolute Gasteiger partial charge is 0.506 e. The fraction of sp³-hybridized carbons (Fsp3) is 0.333. The van der Waals surface area contributed by atoms with Gasteiger partial charge in [-0.15, -0.1) is 11.3 Å². The smallest absolute Gasteiger partial charge is 0.275 e. The predicted molar refractivity (Wildman–Crippen MR) is 90.9 cm³/mol. The predicted octanol–water partition coefficient (Wildman–Crippen LogP) is 1.84. The van der Waals surface area contributed by atoms with Crippen LogP contribution in [0.4, 0.5) is 11.4 Å². The molecule has 0 unspecified atom stereocenters. The van der Waals surface area contributed by atoms with Crippen LogP contribution in [-0.2, 0) is 11.3 Å². The average Bonchev–Trinajstić information content (AvgIpc) is 3.06. The molecule has 132 valence electrons. The molecule has 1 saturated heterocycles. The number of thiazole rings is 1. The number of carbonyl (C=O) groups excluding carboxylic acids is 1. The van der Waals surface area contributed by atoms with Crippen molar-refractivity contribution in [2.24, 2.45) is 0 Å². The summed E-state index contributed by atoms with van der Waals surface area (Å²) in [5.74, 6) is -0.775. The lowest BCUT2D eigenvalue weighted by atomic mass is 10.2. The third kappa shape index (κ3) is 4.29. The maximum absolute atomic E-state index is 12.3. The van der Waals surface area contributed by atoms with Gasteiger partial charge in [-0.05, 0) is 6.07 Å². The molecule has 0 radical (unpaired) electrons. The van der Waals surface area contributed by atoms with Gasteiger partial charge in [0.2, 0.25) is 0 Å². The summed E-state index contributed by atoms with van der Waals surface area (Å²) < 4.78 is 5.29. The molecule has 9 nitrogen and oxygen atoms in total. The number of amides is 1. The van der Waals surface area contributed by atoms with Crippen molar-refractivity contribution in [1.82, 2.24) is 9.88 Å². The lowest BCUT2D eigenvalue weighted by Gasteiger charge is -2.25. The van der Waals surface area contributed by atoms with E-state index in [2.05, 4.69) is 15.2 Å². The third-order valence-corrected chi connectivity index (χ3v) is 4.52. The minimum absolute atomic E-state index is 0.0260. The number of aromatic hydroxyl groups is 1. The van der Waals surface area contributed by atoms with Crippen LogP contribution in [0.2, 0.25) is 0 Å². The number of hydrogen-bond donors (Lipinski definition) is 2. The summed E-state index contributed by atoms with van der Waals surface area (Å²) in [7, 11) is 0. The van der Waals surface area contributed by atoms with Crippen LogP contribution in [0, 0.1) is 10.1 Å². The summed E-state index contributed by atoms with van der Waals surface area (Å²) in [4.78, 5) is 29.0. The highest BCUT2D eigenvalue weighted by Gasteiger charge is 2.17. The molecule has 1 fully saturated rings. The summed E-state index contributed by atoms with van der Waals surface area (Å²) >= 11 is 1.37. The second-order valence-electron chi connectivity index (χ2n) is 5.43. The standard InChI is InChI=1S/C15H16N4O5S/c20-13-2-1-10(19(22)23)7-11(13)17-15(21)12-9-25-14(16-12)8-18-3-5-24-6-4-18/h1-2,7,9,20H,3-6,8H2,(H,17,21). The van der Waals surface area contributed by atoms with Crippen molar-refractivity contribution in [2.75, 3.05) is 31.6 Å². The number of phenols is 1. The first kappa shape index (κ1) is 17.3. The Kier molecular flexibility index (Phi) is 5.22. The molecular weight excluding hydrogens is 348 g/mol. The lowest BCUT2D eigenvalue weighted by molar-refractivity contribution is -0.384. The number of phenolic OH excluding ortho intramolecular Hbond substituents is 1. The van der Waals surface area contributed by atoms with Crippen LogP contribution in [0.1, 0.15) is 15.5 Å². The zero-order valence-corrected chi connectivity index (χ0v) is 14.0. The number of nitro benzene ring substituents is 1. The van der Waals surface area contributed by atoms with Gasteiger partial charge in [-0.2, -0.15) is 0 Å². The number of morpholine rings is 1. The molecule has 0 bridgehead atoms. The molecule has 1 amide bonds. The Bertz CT molecular complexity index is 788. The number of aromatic nitrogens is 1. The molecule has 0 aliphatic carbocycles. The van der Waals surface area contributed by atoms with Gasteiger partial charge in [0.05, 0.1) is 30.4 Å².